The largest absolute Gasteiger partial charge is 0.357 e. The Morgan fingerprint density at radius 1 is 1.15 bits per heavy atom. The van der Waals surface area contributed by atoms with E-state index in [1.807, 2.05) is 24.3 Å². The van der Waals surface area contributed by atoms with Crippen LogP contribution in [0.5, 0.6) is 0 Å². The first kappa shape index (κ1) is 27.4. The zero-order valence-electron chi connectivity index (χ0n) is 22.3. The van der Waals surface area contributed by atoms with Crippen molar-refractivity contribution in [1.29, 1.82) is 4.78 Å². The van der Waals surface area contributed by atoms with Crippen molar-refractivity contribution in [3.05, 3.63) is 120 Å². The molecule has 0 radical (unpaired) electrons. The number of carbonyl (C=O) groups excluding carboxylic acids is 2. The van der Waals surface area contributed by atoms with Gasteiger partial charge < -0.3 is 14.8 Å². The minimum absolute atomic E-state index is 0.0748. The number of rotatable bonds is 7. The van der Waals surface area contributed by atoms with Gasteiger partial charge in [0.2, 0.25) is 0 Å². The summed E-state index contributed by atoms with van der Waals surface area (Å²) in [7, 11) is -3.48. The number of nitrogens with one attached hydrogen (secondary N) is 3. The summed E-state index contributed by atoms with van der Waals surface area (Å²) in [5, 5.41) is 0.792. The molecule has 1 aliphatic heterocycles. The predicted octanol–water partition coefficient (Wildman–Crippen LogP) is 4.60. The Labute approximate surface area is 238 Å². The first-order chi connectivity index (χ1) is 19.8. The standard InChI is InChI=1S/C31H28N6O3S/c1-3-23(30(38)36-16-18-37(19-17-36)31(39)27-11-7-15-33-27)14-13-22(2)35-41(32,40)28-12-6-10-25-20-26(21-34-29(25)28)24-8-4-5-9-24/h1,4-16,18,20-21,24,33H,17,19H2,2H3,(H2,32,35,40)/b22-13+,23-14+. The van der Waals surface area contributed by atoms with E-state index in [9.17, 15) is 13.8 Å². The summed E-state index contributed by atoms with van der Waals surface area (Å²) < 4.78 is 24.9. The van der Waals surface area contributed by atoms with Crippen LogP contribution >= 0.6 is 0 Å². The number of carbonyl (C=O) groups is 2. The smallest absolute Gasteiger partial charge is 0.274 e. The third kappa shape index (κ3) is 5.90. The Kier molecular flexibility index (Phi) is 7.72. The molecule has 1 aromatic carbocycles. The fourth-order valence-electron chi connectivity index (χ4n) is 4.56. The Bertz CT molecular complexity index is 1800. The van der Waals surface area contributed by atoms with Gasteiger partial charge in [-0.15, -0.1) is 6.42 Å². The number of aromatic nitrogens is 2. The van der Waals surface area contributed by atoms with Gasteiger partial charge in [-0.05, 0) is 48.9 Å². The van der Waals surface area contributed by atoms with E-state index in [0.29, 0.717) is 23.5 Å². The molecule has 0 spiro atoms. The highest BCUT2D eigenvalue weighted by Crippen LogP contribution is 2.28. The number of pyridine rings is 1. The lowest BCUT2D eigenvalue weighted by Gasteiger charge is -2.28. The van der Waals surface area contributed by atoms with Gasteiger partial charge in [0, 0.05) is 54.9 Å². The average molecular weight is 565 g/mol. The molecular formula is C31H28N6O3S. The van der Waals surface area contributed by atoms with Crippen LogP contribution < -0.4 is 4.72 Å². The van der Waals surface area contributed by atoms with Crippen LogP contribution in [0.15, 0.2) is 114 Å². The second kappa shape index (κ2) is 11.5. The van der Waals surface area contributed by atoms with E-state index in [1.165, 1.54) is 28.2 Å². The number of amides is 2. The molecule has 2 aliphatic rings. The van der Waals surface area contributed by atoms with Gasteiger partial charge in [-0.25, -0.2) is 8.99 Å². The molecule has 5 rings (SSSR count). The third-order valence-corrected chi connectivity index (χ3v) is 8.25. The zero-order valence-corrected chi connectivity index (χ0v) is 23.1. The van der Waals surface area contributed by atoms with Crippen LogP contribution in [0.1, 0.15) is 28.9 Å². The van der Waals surface area contributed by atoms with Crippen LogP contribution in [0.25, 0.3) is 10.9 Å². The van der Waals surface area contributed by atoms with Crippen molar-refractivity contribution in [3.8, 4) is 12.3 Å². The van der Waals surface area contributed by atoms with E-state index in [0.717, 1.165) is 10.9 Å². The monoisotopic (exact) mass is 564 g/mol. The van der Waals surface area contributed by atoms with E-state index < -0.39 is 15.8 Å². The van der Waals surface area contributed by atoms with Crippen LogP contribution in [0.4, 0.5) is 0 Å². The molecule has 1 unspecified atom stereocenters. The molecule has 0 saturated carbocycles. The van der Waals surface area contributed by atoms with Crippen molar-refractivity contribution in [2.24, 2.45) is 0 Å². The van der Waals surface area contributed by atoms with Crippen molar-refractivity contribution in [2.75, 3.05) is 13.1 Å². The quantitative estimate of drug-likeness (QED) is 0.221. The van der Waals surface area contributed by atoms with Gasteiger partial charge in [-0.3, -0.25) is 19.3 Å². The summed E-state index contributed by atoms with van der Waals surface area (Å²) in [6, 6.07) is 10.7. The van der Waals surface area contributed by atoms with Gasteiger partial charge in [-0.2, -0.15) is 0 Å². The highest BCUT2D eigenvalue weighted by molar-refractivity contribution is 7.90. The van der Waals surface area contributed by atoms with E-state index in [-0.39, 0.29) is 28.8 Å². The van der Waals surface area contributed by atoms with Crippen molar-refractivity contribution in [1.82, 2.24) is 24.5 Å². The second-order valence-electron chi connectivity index (χ2n) is 9.50. The number of nitrogens with zero attached hydrogens (tertiary/aromatic N) is 3. The molecule has 10 heteroatoms. The molecule has 9 nitrogen and oxygen atoms in total. The number of fused-ring (bicyclic) bond motifs is 1. The van der Waals surface area contributed by atoms with E-state index in [4.69, 9.17) is 11.2 Å². The molecule has 0 bridgehead atoms. The topological polar surface area (TPSA) is 122 Å². The van der Waals surface area contributed by atoms with Gasteiger partial charge in [-0.1, -0.05) is 42.4 Å². The Morgan fingerprint density at radius 3 is 2.59 bits per heavy atom. The van der Waals surface area contributed by atoms with Gasteiger partial charge in [0.15, 0.2) is 9.92 Å². The minimum Gasteiger partial charge on any atom is -0.357 e. The maximum atomic E-state index is 13.5. The number of terminal acetylenes is 1. The van der Waals surface area contributed by atoms with Crippen LogP contribution in [0, 0.1) is 17.1 Å². The maximum Gasteiger partial charge on any atom is 0.274 e. The minimum atomic E-state index is -3.48. The second-order valence-corrected chi connectivity index (χ2v) is 11.3. The van der Waals surface area contributed by atoms with Gasteiger partial charge in [0.05, 0.1) is 16.0 Å². The van der Waals surface area contributed by atoms with Crippen LogP contribution in [-0.4, -0.2) is 48.9 Å². The van der Waals surface area contributed by atoms with Crippen molar-refractivity contribution < 1.29 is 13.8 Å². The SMILES string of the molecule is C#C/C(=C\C=C(/C)NS(=N)(=O)c1cccc2cc(C3C=CC=C3)cnc12)C(=O)N1C=CN(C(=O)c2ccc[nH]2)CC1. The summed E-state index contributed by atoms with van der Waals surface area (Å²) in [6.07, 6.45) is 23.2. The number of allylic oxidation sites excluding steroid dienone is 7. The summed E-state index contributed by atoms with van der Waals surface area (Å²) in [5.41, 5.74) is 2.42. The first-order valence-corrected chi connectivity index (χ1v) is 14.4. The molecular weight excluding hydrogens is 536 g/mol. The molecule has 3 aromatic rings. The highest BCUT2D eigenvalue weighted by Gasteiger charge is 2.23. The fraction of sp³-hybridized carbons (Fsp3) is 0.129. The number of hydrogen-bond donors (Lipinski definition) is 3. The number of H-pyrrole nitrogens is 1. The average Bonchev–Trinajstić information content (AvgIpc) is 3.72. The lowest BCUT2D eigenvalue weighted by atomic mass is 10.0. The molecule has 41 heavy (non-hydrogen) atoms. The van der Waals surface area contributed by atoms with E-state index >= 15 is 0 Å². The number of benzene rings is 1. The van der Waals surface area contributed by atoms with Crippen molar-refractivity contribution in [2.45, 2.75) is 17.7 Å². The van der Waals surface area contributed by atoms with Gasteiger partial charge in [0.1, 0.15) is 5.69 Å². The summed E-state index contributed by atoms with van der Waals surface area (Å²) in [5.74, 6) is 1.94. The molecule has 2 aromatic heterocycles. The maximum absolute atomic E-state index is 13.5. The Morgan fingerprint density at radius 2 is 1.90 bits per heavy atom. The Hall–Kier alpha value is -5.14. The Balaban J connectivity index is 1.29. The molecule has 1 atom stereocenters. The van der Waals surface area contributed by atoms with Crippen LogP contribution in [0.2, 0.25) is 0 Å². The molecule has 0 fully saturated rings. The molecule has 0 saturated heterocycles. The van der Waals surface area contributed by atoms with Gasteiger partial charge >= 0.3 is 0 Å². The van der Waals surface area contributed by atoms with Crippen molar-refractivity contribution >= 4 is 32.6 Å². The number of hydrogen-bond acceptors (Lipinski definition) is 5. The van der Waals surface area contributed by atoms with Crippen LogP contribution in [-0.2, 0) is 14.7 Å². The summed E-state index contributed by atoms with van der Waals surface area (Å²) in [6.45, 7) is 2.22. The summed E-state index contributed by atoms with van der Waals surface area (Å²) >= 11 is 0. The highest BCUT2D eigenvalue weighted by atomic mass is 32.2. The van der Waals surface area contributed by atoms with Crippen molar-refractivity contribution in [3.63, 3.8) is 0 Å². The molecule has 206 valence electrons. The predicted molar refractivity (Wildman–Crippen MR) is 158 cm³/mol. The first-order valence-electron chi connectivity index (χ1n) is 12.9. The van der Waals surface area contributed by atoms with E-state index in [2.05, 4.69) is 32.8 Å². The van der Waals surface area contributed by atoms with Crippen LogP contribution in [0.3, 0.4) is 0 Å². The third-order valence-electron chi connectivity index (χ3n) is 6.69. The molecule has 2 amide bonds. The lowest BCUT2D eigenvalue weighted by Crippen LogP contribution is -2.41. The summed E-state index contributed by atoms with van der Waals surface area (Å²) in [4.78, 5) is 36.1. The lowest BCUT2D eigenvalue weighted by molar-refractivity contribution is -0.124. The fourth-order valence-corrected chi connectivity index (χ4v) is 5.90. The van der Waals surface area contributed by atoms with Gasteiger partial charge in [0.25, 0.3) is 11.8 Å². The molecule has 3 N–H and O–H groups in total. The zero-order chi connectivity index (χ0) is 29.0. The normalized spacial score (nSPS) is 17.1. The number of para-hydroxylation sites is 1. The van der Waals surface area contributed by atoms with E-state index in [1.54, 1.807) is 49.8 Å². The molecule has 1 aliphatic carbocycles. The number of aromatic amines is 1. The molecule has 3 heterocycles.